The van der Waals surface area contributed by atoms with Gasteiger partial charge in [0, 0.05) is 28.5 Å². The highest BCUT2D eigenvalue weighted by molar-refractivity contribution is 6.04. The number of carbonyl (C=O) groups excluding carboxylic acids is 1. The first-order valence-corrected chi connectivity index (χ1v) is 11.8. The molecule has 6 N–H and O–H groups in total. The molecule has 4 aromatic rings. The molecule has 0 radical (unpaired) electrons. The van der Waals surface area contributed by atoms with Gasteiger partial charge in [0.15, 0.2) is 11.5 Å². The number of aliphatic carboxylic acids is 1. The van der Waals surface area contributed by atoms with Crippen molar-refractivity contribution in [1.82, 2.24) is 19.5 Å². The Labute approximate surface area is 211 Å². The van der Waals surface area contributed by atoms with Crippen molar-refractivity contribution in [3.05, 3.63) is 70.8 Å². The van der Waals surface area contributed by atoms with Crippen molar-refractivity contribution in [2.24, 2.45) is 5.92 Å². The molecule has 0 aliphatic heterocycles. The molecule has 1 aliphatic rings. The zero-order valence-electron chi connectivity index (χ0n) is 19.8. The van der Waals surface area contributed by atoms with Crippen LogP contribution in [0.25, 0.3) is 22.4 Å². The molecule has 1 saturated carbocycles. The summed E-state index contributed by atoms with van der Waals surface area (Å²) in [6, 6.07) is 13.1. The van der Waals surface area contributed by atoms with Gasteiger partial charge in [0.1, 0.15) is 17.5 Å². The molecule has 188 valence electrons. The molecule has 1 amide bonds. The van der Waals surface area contributed by atoms with E-state index in [1.807, 2.05) is 0 Å². The van der Waals surface area contributed by atoms with Crippen LogP contribution in [0.5, 0.6) is 0 Å². The van der Waals surface area contributed by atoms with E-state index in [1.54, 1.807) is 53.1 Å². The zero-order chi connectivity index (χ0) is 26.1. The number of hydrogen-bond donors (Lipinski definition) is 4. The predicted molar refractivity (Wildman–Crippen MR) is 139 cm³/mol. The number of carboxylic acid groups (broad SMARTS) is 1. The van der Waals surface area contributed by atoms with Crippen LogP contribution in [0.2, 0.25) is 0 Å². The second-order valence-electron chi connectivity index (χ2n) is 9.07. The van der Waals surface area contributed by atoms with Gasteiger partial charge in [0.25, 0.3) is 11.5 Å². The zero-order valence-corrected chi connectivity index (χ0v) is 19.8. The second-order valence-corrected chi connectivity index (χ2v) is 9.07. The van der Waals surface area contributed by atoms with Gasteiger partial charge in [-0.15, -0.1) is 0 Å². The number of nitrogens with two attached hydrogens (primary N) is 2. The van der Waals surface area contributed by atoms with Crippen LogP contribution in [0.3, 0.4) is 0 Å². The van der Waals surface area contributed by atoms with E-state index in [1.165, 1.54) is 6.33 Å². The average Bonchev–Trinajstić information content (AvgIpc) is 2.89. The summed E-state index contributed by atoms with van der Waals surface area (Å²) in [5.41, 5.74) is 14.3. The van der Waals surface area contributed by atoms with Gasteiger partial charge in [-0.2, -0.15) is 0 Å². The Morgan fingerprint density at radius 2 is 1.73 bits per heavy atom. The van der Waals surface area contributed by atoms with E-state index in [9.17, 15) is 19.5 Å². The fraction of sp³-hybridized carbons (Fsp3) is 0.231. The number of nitrogen functional groups attached to an aromatic ring is 2. The van der Waals surface area contributed by atoms with Crippen LogP contribution in [0.15, 0.2) is 59.7 Å². The molecule has 0 atom stereocenters. The minimum atomic E-state index is -0.822. The maximum Gasteiger partial charge on any atom is 0.306 e. The van der Waals surface area contributed by atoms with Crippen LogP contribution < -0.4 is 22.3 Å². The van der Waals surface area contributed by atoms with Crippen LogP contribution in [-0.2, 0) is 4.79 Å². The molecule has 0 saturated heterocycles. The van der Waals surface area contributed by atoms with Crippen molar-refractivity contribution in [3.63, 3.8) is 0 Å². The molecule has 11 nitrogen and oxygen atoms in total. The van der Waals surface area contributed by atoms with E-state index in [-0.39, 0.29) is 29.0 Å². The lowest BCUT2D eigenvalue weighted by Crippen LogP contribution is -2.32. The normalized spacial score (nSPS) is 17.4. The molecule has 1 aliphatic carbocycles. The number of hydrogen-bond acceptors (Lipinski definition) is 8. The fourth-order valence-electron chi connectivity index (χ4n) is 4.74. The maximum absolute atomic E-state index is 13.7. The summed E-state index contributed by atoms with van der Waals surface area (Å²) in [6.07, 6.45) is 3.24. The Bertz CT molecular complexity index is 1560. The molecule has 37 heavy (non-hydrogen) atoms. The van der Waals surface area contributed by atoms with Crippen molar-refractivity contribution in [3.8, 4) is 11.3 Å². The maximum atomic E-state index is 13.7. The highest BCUT2D eigenvalue weighted by atomic mass is 16.4. The minimum absolute atomic E-state index is 0.136. The van der Waals surface area contributed by atoms with E-state index in [4.69, 9.17) is 11.5 Å². The highest BCUT2D eigenvalue weighted by Crippen LogP contribution is 2.33. The number of aromatic nitrogens is 4. The third-order valence-electron chi connectivity index (χ3n) is 6.68. The Morgan fingerprint density at radius 1 is 1.00 bits per heavy atom. The van der Waals surface area contributed by atoms with Gasteiger partial charge < -0.3 is 21.9 Å². The lowest BCUT2D eigenvalue weighted by Gasteiger charge is -2.28. The van der Waals surface area contributed by atoms with Crippen LogP contribution in [0.4, 0.5) is 17.2 Å². The molecule has 0 bridgehead atoms. The summed E-state index contributed by atoms with van der Waals surface area (Å²) in [5, 5.41) is 12.1. The van der Waals surface area contributed by atoms with E-state index in [0.29, 0.717) is 59.3 Å². The molecule has 1 fully saturated rings. The number of benzene rings is 2. The molecular formula is C26H25N7O4. The molecule has 0 spiro atoms. The van der Waals surface area contributed by atoms with Gasteiger partial charge in [-0.1, -0.05) is 18.2 Å². The summed E-state index contributed by atoms with van der Waals surface area (Å²) in [6.45, 7) is 0. The Balaban J connectivity index is 1.50. The summed E-state index contributed by atoms with van der Waals surface area (Å²) in [5.74, 6) is -1.44. The Kier molecular flexibility index (Phi) is 6.26. The van der Waals surface area contributed by atoms with Crippen molar-refractivity contribution in [2.45, 2.75) is 31.7 Å². The van der Waals surface area contributed by atoms with Crippen molar-refractivity contribution < 1.29 is 14.7 Å². The minimum Gasteiger partial charge on any atom is -0.481 e. The van der Waals surface area contributed by atoms with E-state index in [2.05, 4.69) is 20.3 Å². The standard InChI is InChI=1S/C26H25N7O4/c27-17-2-1-3-18(12-17)31-24(34)15-6-4-14(5-7-15)20-25(35)33(19-10-8-16(9-11-19)26(36)37)23-21(32-20)22(28)29-13-30-23/h1-7,12-13,16,19H,8-11,27H2,(H,31,34)(H,36,37)(H2,28,29,30). The predicted octanol–water partition coefficient (Wildman–Crippen LogP) is 3.09. The summed E-state index contributed by atoms with van der Waals surface area (Å²) < 4.78 is 1.56. The topological polar surface area (TPSA) is 179 Å². The average molecular weight is 500 g/mol. The van der Waals surface area contributed by atoms with Gasteiger partial charge in [-0.05, 0) is 56.0 Å². The highest BCUT2D eigenvalue weighted by Gasteiger charge is 2.29. The number of nitrogens with zero attached hydrogens (tertiary/aromatic N) is 4. The lowest BCUT2D eigenvalue weighted by atomic mass is 9.86. The molecule has 2 heterocycles. The second kappa shape index (κ2) is 9.69. The number of anilines is 3. The van der Waals surface area contributed by atoms with Crippen LogP contribution in [-0.4, -0.2) is 36.5 Å². The smallest absolute Gasteiger partial charge is 0.306 e. The fourth-order valence-corrected chi connectivity index (χ4v) is 4.74. The first-order valence-electron chi connectivity index (χ1n) is 11.8. The first kappa shape index (κ1) is 23.9. The lowest BCUT2D eigenvalue weighted by molar-refractivity contribution is -0.143. The largest absolute Gasteiger partial charge is 0.481 e. The third-order valence-corrected chi connectivity index (χ3v) is 6.68. The van der Waals surface area contributed by atoms with Gasteiger partial charge >= 0.3 is 5.97 Å². The molecule has 2 aromatic carbocycles. The first-order chi connectivity index (χ1) is 17.8. The van der Waals surface area contributed by atoms with E-state index < -0.39 is 11.9 Å². The molecular weight excluding hydrogens is 474 g/mol. The Hall–Kier alpha value is -4.80. The number of carbonyl (C=O) groups is 2. The molecule has 0 unspecified atom stereocenters. The van der Waals surface area contributed by atoms with Crippen molar-refractivity contribution in [2.75, 3.05) is 16.8 Å². The van der Waals surface area contributed by atoms with Crippen LogP contribution >= 0.6 is 0 Å². The number of fused-ring (bicyclic) bond motifs is 1. The van der Waals surface area contributed by atoms with Crippen molar-refractivity contribution >= 4 is 40.2 Å². The van der Waals surface area contributed by atoms with Gasteiger partial charge in [0.2, 0.25) is 0 Å². The van der Waals surface area contributed by atoms with Gasteiger partial charge in [-0.3, -0.25) is 19.0 Å². The number of amides is 1. The molecule has 11 heteroatoms. The third kappa shape index (κ3) is 4.70. The molecule has 2 aromatic heterocycles. The number of nitrogens with one attached hydrogen (secondary N) is 1. The van der Waals surface area contributed by atoms with Crippen LogP contribution in [0, 0.1) is 5.92 Å². The molecule has 5 rings (SSSR count). The van der Waals surface area contributed by atoms with Crippen LogP contribution in [0.1, 0.15) is 42.1 Å². The summed E-state index contributed by atoms with van der Waals surface area (Å²) in [7, 11) is 0. The summed E-state index contributed by atoms with van der Waals surface area (Å²) >= 11 is 0. The van der Waals surface area contributed by atoms with Crippen molar-refractivity contribution in [1.29, 1.82) is 0 Å². The van der Waals surface area contributed by atoms with E-state index in [0.717, 1.165) is 0 Å². The number of carboxylic acids is 1. The van der Waals surface area contributed by atoms with Gasteiger partial charge in [0.05, 0.1) is 5.92 Å². The van der Waals surface area contributed by atoms with Gasteiger partial charge in [-0.25, -0.2) is 15.0 Å². The quantitative estimate of drug-likeness (QED) is 0.300. The monoisotopic (exact) mass is 499 g/mol. The Morgan fingerprint density at radius 3 is 2.41 bits per heavy atom. The number of rotatable bonds is 5. The SMILES string of the molecule is Nc1cccc(NC(=O)c2ccc(-c3nc4c(N)ncnc4n(C4CCC(C(=O)O)CC4)c3=O)cc2)c1. The van der Waals surface area contributed by atoms with E-state index >= 15 is 0 Å². The summed E-state index contributed by atoms with van der Waals surface area (Å²) in [4.78, 5) is 50.6.